The largest absolute Gasteiger partial charge is 0.486 e. The summed E-state index contributed by atoms with van der Waals surface area (Å²) in [6.07, 6.45) is 4.83. The second-order valence-corrected chi connectivity index (χ2v) is 6.30. The fourth-order valence-corrected chi connectivity index (χ4v) is 3.20. The van der Waals surface area contributed by atoms with Crippen LogP contribution in [0.1, 0.15) is 16.8 Å². The predicted molar refractivity (Wildman–Crippen MR) is 93.6 cm³/mol. The van der Waals surface area contributed by atoms with Crippen molar-refractivity contribution in [1.82, 2.24) is 15.3 Å². The van der Waals surface area contributed by atoms with Gasteiger partial charge in [0.25, 0.3) is 5.91 Å². The third-order valence-corrected chi connectivity index (χ3v) is 4.58. The van der Waals surface area contributed by atoms with Crippen molar-refractivity contribution in [3.05, 3.63) is 42.4 Å². The van der Waals surface area contributed by atoms with Gasteiger partial charge in [-0.05, 0) is 24.6 Å². The number of amides is 1. The van der Waals surface area contributed by atoms with Crippen LogP contribution >= 0.6 is 0 Å². The summed E-state index contributed by atoms with van der Waals surface area (Å²) in [4.78, 5) is 22.8. The Morgan fingerprint density at radius 1 is 1.23 bits per heavy atom. The molecule has 2 aromatic rings. The summed E-state index contributed by atoms with van der Waals surface area (Å²) < 4.78 is 11.0. The molecule has 1 saturated heterocycles. The molecule has 0 radical (unpaired) electrons. The van der Waals surface area contributed by atoms with E-state index in [1.165, 1.54) is 0 Å². The Bertz CT molecular complexity index is 786. The van der Waals surface area contributed by atoms with Crippen LogP contribution in [0.2, 0.25) is 0 Å². The number of nitrogens with one attached hydrogen (secondary N) is 1. The number of hydrogen-bond acceptors (Lipinski definition) is 7. The molecule has 4 rings (SSSR count). The monoisotopic (exact) mass is 356 g/mol. The summed E-state index contributed by atoms with van der Waals surface area (Å²) in [5, 5.41) is 13.4. The van der Waals surface area contributed by atoms with Crippen LogP contribution in [0.3, 0.4) is 0 Å². The molecule has 8 heteroatoms. The lowest BCUT2D eigenvalue weighted by Gasteiger charge is -2.36. The van der Waals surface area contributed by atoms with Crippen molar-refractivity contribution in [2.75, 3.05) is 31.2 Å². The highest BCUT2D eigenvalue weighted by Crippen LogP contribution is 2.30. The van der Waals surface area contributed by atoms with Gasteiger partial charge in [0.05, 0.1) is 18.3 Å². The van der Waals surface area contributed by atoms with Gasteiger partial charge in [0, 0.05) is 31.0 Å². The van der Waals surface area contributed by atoms with Crippen LogP contribution in [0, 0.1) is 0 Å². The first kappa shape index (κ1) is 16.6. The average molecular weight is 356 g/mol. The van der Waals surface area contributed by atoms with Gasteiger partial charge >= 0.3 is 0 Å². The van der Waals surface area contributed by atoms with E-state index in [1.807, 2.05) is 4.90 Å². The minimum Gasteiger partial charge on any atom is -0.486 e. The van der Waals surface area contributed by atoms with Gasteiger partial charge in [0.1, 0.15) is 19.0 Å². The maximum absolute atomic E-state index is 12.5. The van der Waals surface area contributed by atoms with E-state index in [9.17, 15) is 9.90 Å². The zero-order valence-electron chi connectivity index (χ0n) is 14.2. The van der Waals surface area contributed by atoms with Gasteiger partial charge in [0.15, 0.2) is 11.5 Å². The quantitative estimate of drug-likeness (QED) is 0.832. The zero-order valence-corrected chi connectivity index (χ0v) is 14.2. The molecule has 1 aromatic carbocycles. The molecule has 2 aliphatic rings. The van der Waals surface area contributed by atoms with Crippen molar-refractivity contribution >= 4 is 11.7 Å². The summed E-state index contributed by atoms with van der Waals surface area (Å²) in [6, 6.07) is 4.79. The van der Waals surface area contributed by atoms with Crippen LogP contribution in [-0.2, 0) is 0 Å². The van der Waals surface area contributed by atoms with Gasteiger partial charge in [-0.25, -0.2) is 4.98 Å². The van der Waals surface area contributed by atoms with Crippen LogP contribution in [0.5, 0.6) is 11.5 Å². The molecule has 3 heterocycles. The van der Waals surface area contributed by atoms with E-state index in [0.29, 0.717) is 49.8 Å². The summed E-state index contributed by atoms with van der Waals surface area (Å²) in [5.74, 6) is 1.70. The molecule has 2 unspecified atom stereocenters. The first-order chi connectivity index (χ1) is 12.7. The van der Waals surface area contributed by atoms with E-state index in [-0.39, 0.29) is 11.9 Å². The average Bonchev–Trinajstić information content (AvgIpc) is 2.69. The molecule has 136 valence electrons. The number of β-amino-alcohol motifs (C(OH)–C–C–N with tert-alkyl or cyclic N) is 1. The highest BCUT2D eigenvalue weighted by Gasteiger charge is 2.30. The third-order valence-electron chi connectivity index (χ3n) is 4.58. The van der Waals surface area contributed by atoms with Crippen molar-refractivity contribution in [2.24, 2.45) is 0 Å². The number of rotatable bonds is 3. The number of ether oxygens (including phenoxy) is 2. The number of aliphatic hydroxyl groups excluding tert-OH is 1. The third kappa shape index (κ3) is 3.41. The SMILES string of the molecule is O=C(NC1CCN(c2cnccn2)CC1O)c1ccc2c(c1)OCCO2. The number of piperidine rings is 1. The maximum Gasteiger partial charge on any atom is 0.251 e. The van der Waals surface area contributed by atoms with Crippen LogP contribution in [0.4, 0.5) is 5.82 Å². The number of fused-ring (bicyclic) bond motifs is 1. The smallest absolute Gasteiger partial charge is 0.251 e. The molecule has 1 fully saturated rings. The molecular formula is C18H20N4O4. The maximum atomic E-state index is 12.5. The molecule has 0 saturated carbocycles. The summed E-state index contributed by atoms with van der Waals surface area (Å²) >= 11 is 0. The second-order valence-electron chi connectivity index (χ2n) is 6.30. The number of nitrogens with zero attached hydrogens (tertiary/aromatic N) is 3. The summed E-state index contributed by atoms with van der Waals surface area (Å²) in [6.45, 7) is 2.05. The van der Waals surface area contributed by atoms with Gasteiger partial charge in [-0.2, -0.15) is 0 Å². The Balaban J connectivity index is 1.39. The van der Waals surface area contributed by atoms with E-state index in [2.05, 4.69) is 15.3 Å². The standard InChI is InChI=1S/C18H20N4O4/c23-14-11-22(17-10-19-4-5-20-17)6-3-13(14)21-18(24)12-1-2-15-16(9-12)26-8-7-25-15/h1-2,4-5,9-10,13-14,23H,3,6-8,11H2,(H,21,24). The predicted octanol–water partition coefficient (Wildman–Crippen LogP) is 0.617. The summed E-state index contributed by atoms with van der Waals surface area (Å²) in [7, 11) is 0. The normalized spacial score (nSPS) is 22.0. The number of hydrogen-bond donors (Lipinski definition) is 2. The van der Waals surface area contributed by atoms with Crippen LogP contribution in [0.25, 0.3) is 0 Å². The topological polar surface area (TPSA) is 96.8 Å². The number of carbonyl (C=O) groups is 1. The van der Waals surface area contributed by atoms with E-state index in [1.54, 1.807) is 36.8 Å². The molecular weight excluding hydrogens is 336 g/mol. The Labute approximate surface area is 150 Å². The van der Waals surface area contributed by atoms with Gasteiger partial charge < -0.3 is 24.8 Å². The van der Waals surface area contributed by atoms with Crippen LogP contribution in [-0.4, -0.2) is 59.4 Å². The Hall–Kier alpha value is -2.87. The second kappa shape index (κ2) is 7.17. The molecule has 1 amide bonds. The highest BCUT2D eigenvalue weighted by molar-refractivity contribution is 5.95. The van der Waals surface area contributed by atoms with Gasteiger partial charge in [-0.15, -0.1) is 0 Å². The molecule has 8 nitrogen and oxygen atoms in total. The molecule has 2 atom stereocenters. The molecule has 2 aliphatic heterocycles. The Kier molecular flexibility index (Phi) is 4.57. The highest BCUT2D eigenvalue weighted by atomic mass is 16.6. The fourth-order valence-electron chi connectivity index (χ4n) is 3.20. The van der Waals surface area contributed by atoms with Gasteiger partial charge in [-0.3, -0.25) is 9.78 Å². The first-order valence-corrected chi connectivity index (χ1v) is 8.60. The summed E-state index contributed by atoms with van der Waals surface area (Å²) in [5.41, 5.74) is 0.484. The van der Waals surface area contributed by atoms with Crippen molar-refractivity contribution in [2.45, 2.75) is 18.6 Å². The van der Waals surface area contributed by atoms with Crippen LogP contribution in [0.15, 0.2) is 36.8 Å². The van der Waals surface area contributed by atoms with Crippen molar-refractivity contribution < 1.29 is 19.4 Å². The number of aromatic nitrogens is 2. The molecule has 2 N–H and O–H groups in total. The van der Waals surface area contributed by atoms with Crippen molar-refractivity contribution in [1.29, 1.82) is 0 Å². The molecule has 1 aromatic heterocycles. The van der Waals surface area contributed by atoms with E-state index < -0.39 is 6.10 Å². The first-order valence-electron chi connectivity index (χ1n) is 8.60. The molecule has 26 heavy (non-hydrogen) atoms. The molecule has 0 aliphatic carbocycles. The van der Waals surface area contributed by atoms with E-state index in [0.717, 1.165) is 5.82 Å². The lowest BCUT2D eigenvalue weighted by atomic mass is 10.0. The van der Waals surface area contributed by atoms with Crippen molar-refractivity contribution in [3.8, 4) is 11.5 Å². The Morgan fingerprint density at radius 3 is 2.85 bits per heavy atom. The fraction of sp³-hybridized carbons (Fsp3) is 0.389. The van der Waals surface area contributed by atoms with Gasteiger partial charge in [-0.1, -0.05) is 0 Å². The van der Waals surface area contributed by atoms with Crippen LogP contribution < -0.4 is 19.7 Å². The van der Waals surface area contributed by atoms with Gasteiger partial charge in [0.2, 0.25) is 0 Å². The zero-order chi connectivity index (χ0) is 17.9. The number of benzene rings is 1. The number of aliphatic hydroxyl groups is 1. The molecule has 0 spiro atoms. The minimum atomic E-state index is -0.688. The molecule has 0 bridgehead atoms. The van der Waals surface area contributed by atoms with E-state index in [4.69, 9.17) is 9.47 Å². The minimum absolute atomic E-state index is 0.237. The lowest BCUT2D eigenvalue weighted by Crippen LogP contribution is -2.54. The lowest BCUT2D eigenvalue weighted by molar-refractivity contribution is 0.0796. The Morgan fingerprint density at radius 2 is 2.08 bits per heavy atom. The van der Waals surface area contributed by atoms with E-state index >= 15 is 0 Å². The number of anilines is 1. The number of carbonyl (C=O) groups excluding carboxylic acids is 1. The van der Waals surface area contributed by atoms with Crippen molar-refractivity contribution in [3.63, 3.8) is 0 Å².